The van der Waals surface area contributed by atoms with E-state index in [1.807, 2.05) is 18.2 Å². The van der Waals surface area contributed by atoms with Crippen LogP contribution in [0.1, 0.15) is 0 Å². The molecule has 1 N–H and O–H groups in total. The van der Waals surface area contributed by atoms with E-state index < -0.39 is 0 Å². The molecule has 0 bridgehead atoms. The molecule has 0 aliphatic carbocycles. The van der Waals surface area contributed by atoms with Gasteiger partial charge in [0.2, 0.25) is 5.58 Å². The van der Waals surface area contributed by atoms with Gasteiger partial charge in [0, 0.05) is 5.39 Å². The van der Waals surface area contributed by atoms with Crippen LogP contribution in [-0.2, 0) is 0 Å². The highest BCUT2D eigenvalue weighted by molar-refractivity contribution is 6.01. The van der Waals surface area contributed by atoms with Crippen molar-refractivity contribution in [1.29, 1.82) is 0 Å². The molecule has 0 unspecified atom stereocenters. The fraction of sp³-hybridized carbons (Fsp3) is 0.0909. The lowest BCUT2D eigenvalue weighted by atomic mass is 10.2. The van der Waals surface area contributed by atoms with Gasteiger partial charge in [-0.15, -0.1) is 0 Å². The summed E-state index contributed by atoms with van der Waals surface area (Å²) < 4.78 is 10.3. The molecule has 3 rings (SSSR count). The number of H-pyrrole nitrogens is 1. The van der Waals surface area contributed by atoms with Crippen molar-refractivity contribution in [3.8, 4) is 6.01 Å². The van der Waals surface area contributed by atoms with Gasteiger partial charge in [-0.25, -0.2) is 0 Å². The van der Waals surface area contributed by atoms with E-state index in [-0.39, 0.29) is 17.2 Å². The Bertz CT molecular complexity index is 727. The van der Waals surface area contributed by atoms with E-state index in [4.69, 9.17) is 9.15 Å². The minimum atomic E-state index is -0.335. The maximum absolute atomic E-state index is 11.7. The minimum absolute atomic E-state index is 0.184. The third-order valence-corrected chi connectivity index (χ3v) is 2.40. The first kappa shape index (κ1) is 8.96. The van der Waals surface area contributed by atoms with Crippen molar-refractivity contribution in [3.05, 3.63) is 34.6 Å². The Hall–Kier alpha value is -2.30. The molecule has 0 atom stereocenters. The summed E-state index contributed by atoms with van der Waals surface area (Å²) in [5.41, 5.74) is 1.06. The SMILES string of the molecule is COc1nc2c(oc3ccccc32)c(=O)[nH]1. The molecule has 0 saturated heterocycles. The Balaban J connectivity index is 2.56. The molecule has 0 aliphatic rings. The van der Waals surface area contributed by atoms with E-state index in [9.17, 15) is 4.79 Å². The molecule has 16 heavy (non-hydrogen) atoms. The zero-order valence-corrected chi connectivity index (χ0v) is 8.48. The van der Waals surface area contributed by atoms with Crippen LogP contribution in [-0.4, -0.2) is 17.1 Å². The fourth-order valence-corrected chi connectivity index (χ4v) is 1.68. The molecule has 0 fully saturated rings. The molecule has 0 radical (unpaired) electrons. The van der Waals surface area contributed by atoms with Gasteiger partial charge in [0.25, 0.3) is 11.6 Å². The lowest BCUT2D eigenvalue weighted by Gasteiger charge is -1.95. The smallest absolute Gasteiger partial charge is 0.297 e. The summed E-state index contributed by atoms with van der Waals surface area (Å²) >= 11 is 0. The Morgan fingerprint density at radius 1 is 1.38 bits per heavy atom. The van der Waals surface area contributed by atoms with Gasteiger partial charge in [-0.05, 0) is 12.1 Å². The number of nitrogens with one attached hydrogen (secondary N) is 1. The number of para-hydroxylation sites is 1. The number of fused-ring (bicyclic) bond motifs is 3. The first-order chi connectivity index (χ1) is 7.79. The molecule has 5 nitrogen and oxygen atoms in total. The Labute approximate surface area is 89.7 Å². The summed E-state index contributed by atoms with van der Waals surface area (Å²) in [6.45, 7) is 0. The number of hydrogen-bond donors (Lipinski definition) is 1. The number of furan rings is 1. The van der Waals surface area contributed by atoms with Crippen molar-refractivity contribution in [2.45, 2.75) is 0 Å². The van der Waals surface area contributed by atoms with E-state index >= 15 is 0 Å². The van der Waals surface area contributed by atoms with Gasteiger partial charge < -0.3 is 9.15 Å². The van der Waals surface area contributed by atoms with Gasteiger partial charge in [-0.3, -0.25) is 9.78 Å². The molecular weight excluding hydrogens is 208 g/mol. The van der Waals surface area contributed by atoms with Crippen LogP contribution in [0.5, 0.6) is 6.01 Å². The molecule has 0 spiro atoms. The minimum Gasteiger partial charge on any atom is -0.468 e. The second-order valence-corrected chi connectivity index (χ2v) is 3.35. The monoisotopic (exact) mass is 216 g/mol. The van der Waals surface area contributed by atoms with Crippen molar-refractivity contribution >= 4 is 22.1 Å². The quantitative estimate of drug-likeness (QED) is 0.671. The average molecular weight is 216 g/mol. The topological polar surface area (TPSA) is 68.1 Å². The maximum atomic E-state index is 11.7. The number of ether oxygens (including phenoxy) is 1. The zero-order valence-electron chi connectivity index (χ0n) is 8.48. The molecule has 2 heterocycles. The number of methoxy groups -OCH3 is 1. The van der Waals surface area contributed by atoms with Crippen molar-refractivity contribution in [2.75, 3.05) is 7.11 Å². The zero-order chi connectivity index (χ0) is 11.1. The van der Waals surface area contributed by atoms with Crippen molar-refractivity contribution in [3.63, 3.8) is 0 Å². The van der Waals surface area contributed by atoms with Crippen LogP contribution in [0.3, 0.4) is 0 Å². The van der Waals surface area contributed by atoms with Gasteiger partial charge in [-0.1, -0.05) is 12.1 Å². The molecule has 0 aliphatic heterocycles. The predicted molar refractivity (Wildman–Crippen MR) is 58.7 cm³/mol. The van der Waals surface area contributed by atoms with Crippen LogP contribution in [0.15, 0.2) is 33.5 Å². The summed E-state index contributed by atoms with van der Waals surface area (Å²) in [6, 6.07) is 7.54. The molecule has 0 amide bonds. The van der Waals surface area contributed by atoms with Crippen LogP contribution in [0.2, 0.25) is 0 Å². The van der Waals surface area contributed by atoms with E-state index in [1.165, 1.54) is 7.11 Å². The van der Waals surface area contributed by atoms with Gasteiger partial charge in [0.05, 0.1) is 7.11 Å². The average Bonchev–Trinajstić information content (AvgIpc) is 2.68. The lowest BCUT2D eigenvalue weighted by Crippen LogP contribution is -2.08. The summed E-state index contributed by atoms with van der Waals surface area (Å²) in [4.78, 5) is 18.3. The maximum Gasteiger partial charge on any atom is 0.297 e. The number of rotatable bonds is 1. The number of nitrogens with zero attached hydrogens (tertiary/aromatic N) is 1. The van der Waals surface area contributed by atoms with Gasteiger partial charge in [0.1, 0.15) is 11.1 Å². The second-order valence-electron chi connectivity index (χ2n) is 3.35. The van der Waals surface area contributed by atoms with Crippen molar-refractivity contribution in [1.82, 2.24) is 9.97 Å². The molecule has 3 aromatic rings. The van der Waals surface area contributed by atoms with E-state index in [1.54, 1.807) is 6.07 Å². The number of aromatic amines is 1. The largest absolute Gasteiger partial charge is 0.468 e. The molecule has 2 aromatic heterocycles. The summed E-state index contributed by atoms with van der Waals surface area (Å²) in [7, 11) is 1.45. The first-order valence-corrected chi connectivity index (χ1v) is 4.75. The highest BCUT2D eigenvalue weighted by Gasteiger charge is 2.12. The fourth-order valence-electron chi connectivity index (χ4n) is 1.68. The molecule has 1 aromatic carbocycles. The van der Waals surface area contributed by atoms with Gasteiger partial charge >= 0.3 is 0 Å². The number of aromatic nitrogens is 2. The summed E-state index contributed by atoms with van der Waals surface area (Å²) in [6.07, 6.45) is 0. The normalized spacial score (nSPS) is 11.1. The lowest BCUT2D eigenvalue weighted by molar-refractivity contribution is 0.380. The standard InChI is InChI=1S/C11H8N2O3/c1-15-11-12-8-6-4-2-3-5-7(6)16-9(8)10(14)13-11/h2-5H,1H3,(H,12,13,14). The van der Waals surface area contributed by atoms with E-state index in [0.717, 1.165) is 5.39 Å². The second kappa shape index (κ2) is 3.10. The van der Waals surface area contributed by atoms with Crippen LogP contribution in [0, 0.1) is 0 Å². The Morgan fingerprint density at radius 2 is 2.19 bits per heavy atom. The summed E-state index contributed by atoms with van der Waals surface area (Å²) in [5, 5.41) is 0.807. The number of benzene rings is 1. The van der Waals surface area contributed by atoms with Gasteiger partial charge in [-0.2, -0.15) is 4.98 Å². The highest BCUT2D eigenvalue weighted by Crippen LogP contribution is 2.25. The van der Waals surface area contributed by atoms with Crippen molar-refractivity contribution < 1.29 is 9.15 Å². The predicted octanol–water partition coefficient (Wildman–Crippen LogP) is 1.68. The summed E-state index contributed by atoms with van der Waals surface area (Å²) in [5.74, 6) is 0. The van der Waals surface area contributed by atoms with Crippen molar-refractivity contribution in [2.24, 2.45) is 0 Å². The highest BCUT2D eigenvalue weighted by atomic mass is 16.5. The van der Waals surface area contributed by atoms with Crippen LogP contribution >= 0.6 is 0 Å². The van der Waals surface area contributed by atoms with Crippen LogP contribution in [0.25, 0.3) is 22.1 Å². The molecular formula is C11H8N2O3. The van der Waals surface area contributed by atoms with Crippen LogP contribution < -0.4 is 10.3 Å². The van der Waals surface area contributed by atoms with Crippen LogP contribution in [0.4, 0.5) is 0 Å². The molecule has 80 valence electrons. The van der Waals surface area contributed by atoms with Gasteiger partial charge in [0.15, 0.2) is 0 Å². The Kier molecular flexibility index (Phi) is 1.73. The van der Waals surface area contributed by atoms with E-state index in [0.29, 0.717) is 11.1 Å². The third-order valence-electron chi connectivity index (χ3n) is 2.40. The third kappa shape index (κ3) is 1.11. The Morgan fingerprint density at radius 3 is 3.00 bits per heavy atom. The molecule has 5 heteroatoms. The number of hydrogen-bond acceptors (Lipinski definition) is 4. The first-order valence-electron chi connectivity index (χ1n) is 4.75. The molecule has 0 saturated carbocycles. The van der Waals surface area contributed by atoms with E-state index in [2.05, 4.69) is 9.97 Å².